The van der Waals surface area contributed by atoms with Crippen molar-refractivity contribution in [3.8, 4) is 5.88 Å². The van der Waals surface area contributed by atoms with Gasteiger partial charge in [-0.3, -0.25) is 0 Å². The van der Waals surface area contributed by atoms with Gasteiger partial charge in [-0.25, -0.2) is 4.98 Å². The fourth-order valence-electron chi connectivity index (χ4n) is 2.95. The third-order valence-corrected chi connectivity index (χ3v) is 4.35. The van der Waals surface area contributed by atoms with Gasteiger partial charge in [0.25, 0.3) is 0 Å². The van der Waals surface area contributed by atoms with Gasteiger partial charge in [0.2, 0.25) is 5.88 Å². The molecule has 1 aromatic heterocycles. The van der Waals surface area contributed by atoms with E-state index in [1.807, 2.05) is 27.8 Å². The van der Waals surface area contributed by atoms with E-state index in [0.29, 0.717) is 18.3 Å². The molecule has 1 aliphatic rings. The number of allylic oxidation sites excluding steroid dienone is 6. The van der Waals surface area contributed by atoms with E-state index in [9.17, 15) is 0 Å². The monoisotopic (exact) mass is 341 g/mol. The van der Waals surface area contributed by atoms with Gasteiger partial charge in [-0.1, -0.05) is 38.2 Å². The second-order valence-electron chi connectivity index (χ2n) is 6.70. The maximum absolute atomic E-state index is 6.01. The quantitative estimate of drug-likeness (QED) is 0.787. The summed E-state index contributed by atoms with van der Waals surface area (Å²) in [4.78, 5) is 9.64. The second-order valence-corrected chi connectivity index (χ2v) is 6.70. The van der Waals surface area contributed by atoms with Crippen LogP contribution in [-0.4, -0.2) is 23.1 Å². The zero-order valence-electron chi connectivity index (χ0n) is 16.4. The van der Waals surface area contributed by atoms with Crippen LogP contribution in [0.4, 0.5) is 0 Å². The first-order valence-electron chi connectivity index (χ1n) is 9.28. The fourth-order valence-corrected chi connectivity index (χ4v) is 2.95. The van der Waals surface area contributed by atoms with Crippen LogP contribution in [0.1, 0.15) is 57.6 Å². The number of aryl methyl sites for hydroxylation is 1. The molecule has 0 aromatic carbocycles. The van der Waals surface area contributed by atoms with E-state index in [2.05, 4.69) is 43.5 Å². The lowest BCUT2D eigenvalue weighted by Crippen LogP contribution is -2.16. The SMILES string of the molecule is CCC1=CC=CC(CC)C=C1c1nc(C)c(CNC)c(OC(C)C)n1. The lowest BCUT2D eigenvalue weighted by atomic mass is 9.98. The molecule has 1 heterocycles. The molecule has 0 amide bonds. The van der Waals surface area contributed by atoms with Crippen molar-refractivity contribution in [1.82, 2.24) is 15.3 Å². The van der Waals surface area contributed by atoms with Crippen molar-refractivity contribution < 1.29 is 4.74 Å². The van der Waals surface area contributed by atoms with Crippen molar-refractivity contribution in [1.29, 1.82) is 0 Å². The van der Waals surface area contributed by atoms with Crippen molar-refractivity contribution in [2.75, 3.05) is 7.05 Å². The van der Waals surface area contributed by atoms with Crippen LogP contribution in [-0.2, 0) is 6.54 Å². The molecule has 1 N–H and O–H groups in total. The van der Waals surface area contributed by atoms with E-state index in [4.69, 9.17) is 14.7 Å². The minimum atomic E-state index is 0.0760. The summed E-state index contributed by atoms with van der Waals surface area (Å²) in [7, 11) is 1.93. The van der Waals surface area contributed by atoms with Gasteiger partial charge in [-0.2, -0.15) is 4.98 Å². The topological polar surface area (TPSA) is 47.0 Å². The molecule has 1 aliphatic carbocycles. The number of ether oxygens (including phenoxy) is 1. The number of aromatic nitrogens is 2. The van der Waals surface area contributed by atoms with Crippen molar-refractivity contribution in [2.45, 2.75) is 60.1 Å². The number of nitrogens with zero attached hydrogens (tertiary/aromatic N) is 2. The smallest absolute Gasteiger partial charge is 0.222 e. The van der Waals surface area contributed by atoms with Crippen LogP contribution in [0.25, 0.3) is 5.57 Å². The van der Waals surface area contributed by atoms with E-state index >= 15 is 0 Å². The Labute approximate surface area is 152 Å². The van der Waals surface area contributed by atoms with Gasteiger partial charge in [0.1, 0.15) is 0 Å². The van der Waals surface area contributed by atoms with Gasteiger partial charge >= 0.3 is 0 Å². The lowest BCUT2D eigenvalue weighted by molar-refractivity contribution is 0.228. The summed E-state index contributed by atoms with van der Waals surface area (Å²) >= 11 is 0. The summed E-state index contributed by atoms with van der Waals surface area (Å²) in [6, 6.07) is 0. The molecular weight excluding hydrogens is 310 g/mol. The highest BCUT2D eigenvalue weighted by atomic mass is 16.5. The molecule has 0 bridgehead atoms. The summed E-state index contributed by atoms with van der Waals surface area (Å²) in [6.07, 6.45) is 11.0. The Morgan fingerprint density at radius 2 is 2.00 bits per heavy atom. The zero-order chi connectivity index (χ0) is 18.4. The fraction of sp³-hybridized carbons (Fsp3) is 0.524. The first-order valence-corrected chi connectivity index (χ1v) is 9.28. The Kier molecular flexibility index (Phi) is 6.94. The van der Waals surface area contributed by atoms with Crippen LogP contribution in [0.15, 0.2) is 29.9 Å². The van der Waals surface area contributed by atoms with Crippen LogP contribution in [0, 0.1) is 12.8 Å². The molecule has 25 heavy (non-hydrogen) atoms. The summed E-state index contributed by atoms with van der Waals surface area (Å²) < 4.78 is 6.01. The van der Waals surface area contributed by atoms with Crippen LogP contribution >= 0.6 is 0 Å². The summed E-state index contributed by atoms with van der Waals surface area (Å²) in [6.45, 7) is 11.2. The van der Waals surface area contributed by atoms with Crippen molar-refractivity contribution >= 4 is 5.57 Å². The molecule has 0 saturated heterocycles. The van der Waals surface area contributed by atoms with E-state index in [0.717, 1.165) is 35.5 Å². The normalized spacial score (nSPS) is 17.3. The standard InChI is InChI=1S/C21H31N3O/c1-7-16-10-9-11-17(8-2)18(12-16)20-23-15(5)19(13-22-6)21(24-20)25-14(3)4/h9-12,14,16,22H,7-8,13H2,1-6H3. The van der Waals surface area contributed by atoms with Gasteiger partial charge in [-0.15, -0.1) is 0 Å². The summed E-state index contributed by atoms with van der Waals surface area (Å²) in [5, 5.41) is 3.19. The molecule has 0 aliphatic heterocycles. The average Bonchev–Trinajstić information content (AvgIpc) is 2.79. The lowest BCUT2D eigenvalue weighted by Gasteiger charge is -2.18. The Bertz CT molecular complexity index is 687. The average molecular weight is 341 g/mol. The summed E-state index contributed by atoms with van der Waals surface area (Å²) in [5.41, 5.74) is 4.40. The summed E-state index contributed by atoms with van der Waals surface area (Å²) in [5.74, 6) is 1.86. The minimum absolute atomic E-state index is 0.0760. The number of hydrogen-bond acceptors (Lipinski definition) is 4. The van der Waals surface area contributed by atoms with Crippen LogP contribution in [0.3, 0.4) is 0 Å². The second kappa shape index (κ2) is 8.95. The molecule has 1 atom stereocenters. The predicted octanol–water partition coefficient (Wildman–Crippen LogP) is 4.61. The van der Waals surface area contributed by atoms with Crippen LogP contribution in [0.5, 0.6) is 5.88 Å². The van der Waals surface area contributed by atoms with Crippen molar-refractivity contribution in [2.24, 2.45) is 5.92 Å². The van der Waals surface area contributed by atoms with Gasteiger partial charge < -0.3 is 10.1 Å². The highest BCUT2D eigenvalue weighted by Gasteiger charge is 2.19. The van der Waals surface area contributed by atoms with E-state index in [1.165, 1.54) is 5.57 Å². The van der Waals surface area contributed by atoms with Crippen molar-refractivity contribution in [3.05, 3.63) is 47.0 Å². The first-order chi connectivity index (χ1) is 12.0. The molecule has 0 radical (unpaired) electrons. The van der Waals surface area contributed by atoms with Crippen molar-refractivity contribution in [3.63, 3.8) is 0 Å². The molecule has 0 saturated carbocycles. The van der Waals surface area contributed by atoms with Crippen LogP contribution in [0.2, 0.25) is 0 Å². The van der Waals surface area contributed by atoms with E-state index in [-0.39, 0.29) is 6.10 Å². The van der Waals surface area contributed by atoms with Gasteiger partial charge in [0.05, 0.1) is 6.10 Å². The predicted molar refractivity (Wildman–Crippen MR) is 105 cm³/mol. The Hall–Kier alpha value is -1.94. The van der Waals surface area contributed by atoms with E-state index < -0.39 is 0 Å². The molecular formula is C21H31N3O. The van der Waals surface area contributed by atoms with Crippen LogP contribution < -0.4 is 10.1 Å². The first kappa shape index (κ1) is 19.4. The molecule has 4 heteroatoms. The number of nitrogens with one attached hydrogen (secondary N) is 1. The Morgan fingerprint density at radius 3 is 2.60 bits per heavy atom. The zero-order valence-corrected chi connectivity index (χ0v) is 16.4. The minimum Gasteiger partial charge on any atom is -0.475 e. The molecule has 0 fully saturated rings. The van der Waals surface area contributed by atoms with E-state index in [1.54, 1.807) is 0 Å². The molecule has 0 spiro atoms. The third-order valence-electron chi connectivity index (χ3n) is 4.35. The maximum atomic E-state index is 6.01. The van der Waals surface area contributed by atoms with Gasteiger partial charge in [0, 0.05) is 23.4 Å². The number of rotatable bonds is 7. The molecule has 136 valence electrons. The van der Waals surface area contributed by atoms with Gasteiger partial charge in [0.15, 0.2) is 5.82 Å². The largest absolute Gasteiger partial charge is 0.475 e. The highest BCUT2D eigenvalue weighted by molar-refractivity contribution is 5.77. The molecule has 1 unspecified atom stereocenters. The molecule has 2 rings (SSSR count). The molecule has 4 nitrogen and oxygen atoms in total. The Morgan fingerprint density at radius 1 is 1.24 bits per heavy atom. The third kappa shape index (κ3) is 4.79. The Balaban J connectivity index is 2.56. The molecule has 1 aromatic rings. The van der Waals surface area contributed by atoms with Gasteiger partial charge in [-0.05, 0) is 52.2 Å². The maximum Gasteiger partial charge on any atom is 0.222 e. The number of hydrogen-bond donors (Lipinski definition) is 1. The highest BCUT2D eigenvalue weighted by Crippen LogP contribution is 2.31.